The van der Waals surface area contributed by atoms with Gasteiger partial charge in [0.25, 0.3) is 0 Å². The third kappa shape index (κ3) is 10.9. The molecule has 37 heavy (non-hydrogen) atoms. The smallest absolute Gasteiger partial charge is 0.497 e. The average Bonchev–Trinajstić information content (AvgIpc) is 2.91. The van der Waals surface area contributed by atoms with Gasteiger partial charge in [0.1, 0.15) is 11.5 Å². The Balaban J connectivity index is 0.000000339. The fourth-order valence-corrected chi connectivity index (χ4v) is 2.88. The summed E-state index contributed by atoms with van der Waals surface area (Å²) in [5.74, 6) is 2.14. The molecule has 4 aromatic rings. The molecule has 0 atom stereocenters. The Bertz CT molecular complexity index is 1210. The van der Waals surface area contributed by atoms with Gasteiger partial charge in [-0.2, -0.15) is 36.4 Å². The molecule has 1 radical (unpaired) electrons. The summed E-state index contributed by atoms with van der Waals surface area (Å²) < 4.78 is 24.4. The van der Waals surface area contributed by atoms with E-state index in [0.29, 0.717) is 17.2 Å². The largest absolute Gasteiger partial charge is 0.517 e. The maximum absolute atomic E-state index is 11.8. The van der Waals surface area contributed by atoms with E-state index in [9.17, 15) is 9.59 Å². The van der Waals surface area contributed by atoms with E-state index in [0.717, 1.165) is 17.7 Å². The van der Waals surface area contributed by atoms with Crippen LogP contribution in [0.4, 0.5) is 9.59 Å². The predicted octanol–water partition coefficient (Wildman–Crippen LogP) is 6.29. The van der Waals surface area contributed by atoms with Crippen molar-refractivity contribution in [2.24, 2.45) is 0 Å². The predicted molar refractivity (Wildman–Crippen MR) is 132 cm³/mol. The molecule has 0 bridgehead atoms. The molecule has 0 spiro atoms. The molecule has 0 amide bonds. The van der Waals surface area contributed by atoms with Crippen LogP contribution in [-0.4, -0.2) is 26.5 Å². The van der Waals surface area contributed by atoms with Crippen molar-refractivity contribution in [3.63, 3.8) is 0 Å². The zero-order valence-corrected chi connectivity index (χ0v) is 23.2. The monoisotopic (exact) mass is 573 g/mol. The van der Waals surface area contributed by atoms with Gasteiger partial charge >= 0.3 is 12.3 Å². The third-order valence-corrected chi connectivity index (χ3v) is 4.64. The van der Waals surface area contributed by atoms with Gasteiger partial charge in [0.05, 0.1) is 14.2 Å². The Labute approximate surface area is 241 Å². The summed E-state index contributed by atoms with van der Waals surface area (Å²) in [6.45, 7) is 0. The minimum atomic E-state index is -0.769. The van der Waals surface area contributed by atoms with Crippen molar-refractivity contribution in [3.05, 3.63) is 120 Å². The minimum Gasteiger partial charge on any atom is -0.497 e. The first-order valence-corrected chi connectivity index (χ1v) is 10.9. The van der Waals surface area contributed by atoms with Crippen molar-refractivity contribution in [3.8, 4) is 23.0 Å². The second-order valence-corrected chi connectivity index (χ2v) is 7.15. The second kappa shape index (κ2) is 16.1. The number of benzene rings is 4. The van der Waals surface area contributed by atoms with Crippen LogP contribution >= 0.6 is 0 Å². The van der Waals surface area contributed by atoms with Gasteiger partial charge in [-0.25, -0.2) is 9.59 Å². The molecule has 0 saturated heterocycles. The Morgan fingerprint density at radius 2 is 0.946 bits per heavy atom. The van der Waals surface area contributed by atoms with Crippen molar-refractivity contribution in [2.45, 2.75) is 6.42 Å². The van der Waals surface area contributed by atoms with Gasteiger partial charge in [-0.1, -0.05) is 24.3 Å². The van der Waals surface area contributed by atoms with Crippen molar-refractivity contribution in [1.82, 2.24) is 0 Å². The van der Waals surface area contributed by atoms with E-state index in [1.54, 1.807) is 67.8 Å². The van der Waals surface area contributed by atoms with Crippen LogP contribution in [0.3, 0.4) is 0 Å². The molecule has 0 aromatic heterocycles. The van der Waals surface area contributed by atoms with Crippen molar-refractivity contribution < 1.29 is 66.0 Å². The Kier molecular flexibility index (Phi) is 12.9. The first-order valence-electron chi connectivity index (χ1n) is 10.9. The Morgan fingerprint density at radius 3 is 1.35 bits per heavy atom. The van der Waals surface area contributed by atoms with Crippen molar-refractivity contribution in [2.75, 3.05) is 14.2 Å². The fraction of sp³-hybridized carbons (Fsp3) is 0.103. The molecule has 0 aliphatic carbocycles. The van der Waals surface area contributed by atoms with E-state index in [2.05, 4.69) is 21.6 Å². The minimum absolute atomic E-state index is 0. The van der Waals surface area contributed by atoms with Gasteiger partial charge in [-0.3, -0.25) is 0 Å². The number of hydrogen-bond donors (Lipinski definition) is 0. The summed E-state index contributed by atoms with van der Waals surface area (Å²) in [6, 6.07) is 34.1. The van der Waals surface area contributed by atoms with Crippen LogP contribution in [-0.2, 0) is 43.9 Å². The van der Waals surface area contributed by atoms with Crippen LogP contribution in [0.15, 0.2) is 97.1 Å². The average molecular weight is 573 g/mol. The topological polar surface area (TPSA) is 80.3 Å². The Hall–Kier alpha value is -3.68. The number of methoxy groups -OCH3 is 2. The third-order valence-electron chi connectivity index (χ3n) is 4.64. The molecular weight excluding hydrogens is 549 g/mol. The molecule has 4 aromatic carbocycles. The van der Waals surface area contributed by atoms with Gasteiger partial charge < -0.3 is 23.7 Å². The van der Waals surface area contributed by atoms with Gasteiger partial charge in [0.15, 0.2) is 0 Å². The van der Waals surface area contributed by atoms with Gasteiger partial charge in [-0.15, -0.1) is 24.3 Å². The fourth-order valence-electron chi connectivity index (χ4n) is 2.88. The van der Waals surface area contributed by atoms with Crippen LogP contribution in [0.1, 0.15) is 11.1 Å². The molecule has 0 N–H and O–H groups in total. The summed E-state index contributed by atoms with van der Waals surface area (Å²) in [6.07, 6.45) is -0.694. The SMILES string of the molecule is COC(=O)Oc1cc[c-]cc1.COc1ccc(Cc2ccc(OC(=O)Oc3cc[c-]cc3)cc2)cc1.[Y]. The van der Waals surface area contributed by atoms with E-state index in [1.165, 1.54) is 12.7 Å². The van der Waals surface area contributed by atoms with Crippen LogP contribution in [0.5, 0.6) is 23.0 Å². The molecule has 0 aliphatic heterocycles. The van der Waals surface area contributed by atoms with E-state index >= 15 is 0 Å². The molecule has 4 rings (SSSR count). The van der Waals surface area contributed by atoms with E-state index in [4.69, 9.17) is 14.2 Å². The summed E-state index contributed by atoms with van der Waals surface area (Å²) in [7, 11) is 2.91. The maximum Gasteiger partial charge on any atom is 0.517 e. The molecule has 8 heteroatoms. The second-order valence-electron chi connectivity index (χ2n) is 7.15. The van der Waals surface area contributed by atoms with Gasteiger partial charge in [0, 0.05) is 44.2 Å². The molecule has 0 saturated carbocycles. The van der Waals surface area contributed by atoms with E-state index in [-0.39, 0.29) is 32.7 Å². The van der Waals surface area contributed by atoms with Crippen LogP contribution in [0.25, 0.3) is 0 Å². The summed E-state index contributed by atoms with van der Waals surface area (Å²) >= 11 is 0. The number of ether oxygens (including phenoxy) is 5. The number of carbonyl (C=O) groups excluding carboxylic acids is 2. The summed E-state index contributed by atoms with van der Waals surface area (Å²) in [4.78, 5) is 22.3. The van der Waals surface area contributed by atoms with Crippen molar-refractivity contribution in [1.29, 1.82) is 0 Å². The normalized spacial score (nSPS) is 9.46. The molecular formula is C29H24O7Y-2. The quantitative estimate of drug-likeness (QED) is 0.152. The Morgan fingerprint density at radius 1 is 0.568 bits per heavy atom. The zero-order chi connectivity index (χ0) is 25.6. The van der Waals surface area contributed by atoms with Crippen molar-refractivity contribution >= 4 is 12.3 Å². The van der Waals surface area contributed by atoms with Crippen LogP contribution in [0.2, 0.25) is 0 Å². The van der Waals surface area contributed by atoms with Gasteiger partial charge in [-0.05, 0) is 41.8 Å². The number of carbonyl (C=O) groups is 2. The van der Waals surface area contributed by atoms with Gasteiger partial charge in [0.2, 0.25) is 0 Å². The summed E-state index contributed by atoms with van der Waals surface area (Å²) in [5.41, 5.74) is 2.29. The zero-order valence-electron chi connectivity index (χ0n) is 20.4. The number of hydrogen-bond acceptors (Lipinski definition) is 7. The molecule has 0 heterocycles. The molecule has 187 valence electrons. The first kappa shape index (κ1) is 29.6. The van der Waals surface area contributed by atoms with E-state index < -0.39 is 12.3 Å². The first-order chi connectivity index (χ1) is 17.6. The standard InChI is InChI=1S/C21H17O4.C8H7O3.Y/c1-23-18-11-7-16(8-12-18)15-17-9-13-20(14-10-17)25-21(22)24-19-5-3-2-4-6-19;1-10-8(9)11-7-5-3-2-4-6-7;/h3-14H,15H2,1H3;3-6H,1H3;/q2*-1;. The molecule has 7 nitrogen and oxygen atoms in total. The van der Waals surface area contributed by atoms with E-state index in [1.807, 2.05) is 36.4 Å². The molecule has 0 aliphatic rings. The molecule has 0 unspecified atom stereocenters. The number of rotatable bonds is 6. The summed E-state index contributed by atoms with van der Waals surface area (Å²) in [5, 5.41) is 0. The van der Waals surface area contributed by atoms with Crippen LogP contribution in [0, 0.1) is 12.1 Å². The maximum atomic E-state index is 11.8. The molecule has 0 fully saturated rings. The van der Waals surface area contributed by atoms with Crippen LogP contribution < -0.4 is 18.9 Å².